The maximum atomic E-state index is 2.66. The standard InChI is InChI=1S/C15H22N2/c1-12-15-11-16(2)9-14(15)10-17(12)8-13-6-4-3-5-7-13/h3-7,12,14-15H,8-11H2,1-2H3. The Hall–Kier alpha value is -0.860. The van der Waals surface area contributed by atoms with Crippen LogP contribution in [-0.4, -0.2) is 42.5 Å². The normalized spacial score (nSPS) is 34.1. The van der Waals surface area contributed by atoms with E-state index in [2.05, 4.69) is 54.1 Å². The van der Waals surface area contributed by atoms with Gasteiger partial charge in [-0.1, -0.05) is 30.3 Å². The molecule has 0 bridgehead atoms. The molecule has 1 aromatic carbocycles. The molecule has 0 spiro atoms. The van der Waals surface area contributed by atoms with E-state index in [9.17, 15) is 0 Å². The van der Waals surface area contributed by atoms with Gasteiger partial charge in [-0.25, -0.2) is 0 Å². The van der Waals surface area contributed by atoms with E-state index in [-0.39, 0.29) is 0 Å². The van der Waals surface area contributed by atoms with E-state index in [0.717, 1.165) is 24.4 Å². The van der Waals surface area contributed by atoms with Gasteiger partial charge in [0, 0.05) is 32.2 Å². The minimum absolute atomic E-state index is 0.741. The Labute approximate surface area is 104 Å². The van der Waals surface area contributed by atoms with Crippen LogP contribution >= 0.6 is 0 Å². The Morgan fingerprint density at radius 1 is 1.12 bits per heavy atom. The first-order valence-corrected chi connectivity index (χ1v) is 6.70. The van der Waals surface area contributed by atoms with Crippen LogP contribution < -0.4 is 0 Å². The van der Waals surface area contributed by atoms with Crippen molar-refractivity contribution in [2.75, 3.05) is 26.7 Å². The van der Waals surface area contributed by atoms with Gasteiger partial charge in [-0.3, -0.25) is 4.90 Å². The molecular formula is C15H22N2. The van der Waals surface area contributed by atoms with Crippen molar-refractivity contribution in [2.45, 2.75) is 19.5 Å². The van der Waals surface area contributed by atoms with E-state index in [0.29, 0.717) is 0 Å². The van der Waals surface area contributed by atoms with Crippen molar-refractivity contribution in [1.29, 1.82) is 0 Å². The van der Waals surface area contributed by atoms with Crippen molar-refractivity contribution in [3.8, 4) is 0 Å². The number of rotatable bonds is 2. The maximum absolute atomic E-state index is 2.66. The van der Waals surface area contributed by atoms with Crippen molar-refractivity contribution in [3.63, 3.8) is 0 Å². The molecule has 0 amide bonds. The van der Waals surface area contributed by atoms with Gasteiger partial charge in [0.2, 0.25) is 0 Å². The molecule has 2 heterocycles. The van der Waals surface area contributed by atoms with Crippen LogP contribution in [0.4, 0.5) is 0 Å². The van der Waals surface area contributed by atoms with Crippen LogP contribution in [0.5, 0.6) is 0 Å². The summed E-state index contributed by atoms with van der Waals surface area (Å²) in [5.74, 6) is 1.79. The number of benzene rings is 1. The molecule has 0 saturated carbocycles. The second-order valence-corrected chi connectivity index (χ2v) is 5.80. The van der Waals surface area contributed by atoms with Crippen molar-refractivity contribution < 1.29 is 0 Å². The molecule has 3 atom stereocenters. The predicted molar refractivity (Wildman–Crippen MR) is 70.8 cm³/mol. The first-order chi connectivity index (χ1) is 8.24. The van der Waals surface area contributed by atoms with Crippen LogP contribution in [0.1, 0.15) is 12.5 Å². The minimum atomic E-state index is 0.741. The first kappa shape index (κ1) is 11.2. The number of fused-ring (bicyclic) bond motifs is 1. The van der Waals surface area contributed by atoms with Gasteiger partial charge in [0.25, 0.3) is 0 Å². The van der Waals surface area contributed by atoms with E-state index >= 15 is 0 Å². The van der Waals surface area contributed by atoms with Crippen molar-refractivity contribution in [2.24, 2.45) is 11.8 Å². The van der Waals surface area contributed by atoms with Crippen molar-refractivity contribution in [1.82, 2.24) is 9.80 Å². The first-order valence-electron chi connectivity index (χ1n) is 6.70. The fourth-order valence-corrected chi connectivity index (χ4v) is 3.62. The lowest BCUT2D eigenvalue weighted by molar-refractivity contribution is 0.210. The Kier molecular flexibility index (Phi) is 2.93. The fourth-order valence-electron chi connectivity index (χ4n) is 3.62. The lowest BCUT2D eigenvalue weighted by Gasteiger charge is -2.25. The van der Waals surface area contributed by atoms with E-state index in [1.807, 2.05) is 0 Å². The molecule has 0 aromatic heterocycles. The van der Waals surface area contributed by atoms with Gasteiger partial charge in [0.1, 0.15) is 0 Å². The zero-order chi connectivity index (χ0) is 11.8. The van der Waals surface area contributed by atoms with Gasteiger partial charge in [0.15, 0.2) is 0 Å². The molecule has 3 unspecified atom stereocenters. The number of likely N-dealkylation sites (tertiary alicyclic amines) is 2. The third kappa shape index (κ3) is 2.12. The molecule has 2 aliphatic rings. The molecule has 92 valence electrons. The lowest BCUT2D eigenvalue weighted by Crippen LogP contribution is -2.33. The molecule has 0 radical (unpaired) electrons. The summed E-state index contributed by atoms with van der Waals surface area (Å²) in [6, 6.07) is 11.6. The second kappa shape index (κ2) is 4.43. The summed E-state index contributed by atoms with van der Waals surface area (Å²) in [5.41, 5.74) is 1.45. The lowest BCUT2D eigenvalue weighted by atomic mass is 9.95. The number of hydrogen-bond acceptors (Lipinski definition) is 2. The summed E-state index contributed by atoms with van der Waals surface area (Å²) in [5, 5.41) is 0. The zero-order valence-electron chi connectivity index (χ0n) is 10.8. The SMILES string of the molecule is CC1C2CN(C)CC2CN1Cc1ccccc1. The van der Waals surface area contributed by atoms with Gasteiger partial charge in [-0.2, -0.15) is 0 Å². The number of hydrogen-bond donors (Lipinski definition) is 0. The molecule has 1 aromatic rings. The highest BCUT2D eigenvalue weighted by Gasteiger charge is 2.43. The number of nitrogens with zero attached hydrogens (tertiary/aromatic N) is 2. The average molecular weight is 230 g/mol. The molecule has 2 saturated heterocycles. The summed E-state index contributed by atoms with van der Waals surface area (Å²) < 4.78 is 0. The van der Waals surface area contributed by atoms with Gasteiger partial charge in [-0.15, -0.1) is 0 Å². The fraction of sp³-hybridized carbons (Fsp3) is 0.600. The smallest absolute Gasteiger partial charge is 0.0236 e. The third-order valence-corrected chi connectivity index (χ3v) is 4.57. The van der Waals surface area contributed by atoms with Crippen LogP contribution in [0, 0.1) is 11.8 Å². The Morgan fingerprint density at radius 2 is 1.88 bits per heavy atom. The molecule has 17 heavy (non-hydrogen) atoms. The van der Waals surface area contributed by atoms with Crippen LogP contribution in [0.15, 0.2) is 30.3 Å². The Morgan fingerprint density at radius 3 is 2.59 bits per heavy atom. The van der Waals surface area contributed by atoms with Gasteiger partial charge >= 0.3 is 0 Å². The van der Waals surface area contributed by atoms with Gasteiger partial charge < -0.3 is 4.90 Å². The second-order valence-electron chi connectivity index (χ2n) is 5.80. The molecular weight excluding hydrogens is 208 g/mol. The Balaban J connectivity index is 1.67. The van der Waals surface area contributed by atoms with E-state index < -0.39 is 0 Å². The van der Waals surface area contributed by atoms with Crippen LogP contribution in [0.25, 0.3) is 0 Å². The van der Waals surface area contributed by atoms with Crippen molar-refractivity contribution >= 4 is 0 Å². The zero-order valence-corrected chi connectivity index (χ0v) is 10.8. The highest BCUT2D eigenvalue weighted by molar-refractivity contribution is 5.15. The van der Waals surface area contributed by atoms with E-state index in [1.165, 1.54) is 25.2 Å². The molecule has 0 aliphatic carbocycles. The highest BCUT2D eigenvalue weighted by Crippen LogP contribution is 2.35. The molecule has 2 heteroatoms. The van der Waals surface area contributed by atoms with E-state index in [4.69, 9.17) is 0 Å². The van der Waals surface area contributed by atoms with Gasteiger partial charge in [0.05, 0.1) is 0 Å². The van der Waals surface area contributed by atoms with Crippen LogP contribution in [0.3, 0.4) is 0 Å². The molecule has 0 N–H and O–H groups in total. The molecule has 2 nitrogen and oxygen atoms in total. The maximum Gasteiger partial charge on any atom is 0.0236 e. The molecule has 3 rings (SSSR count). The van der Waals surface area contributed by atoms with Crippen LogP contribution in [-0.2, 0) is 6.54 Å². The monoisotopic (exact) mass is 230 g/mol. The highest BCUT2D eigenvalue weighted by atomic mass is 15.2. The topological polar surface area (TPSA) is 6.48 Å². The van der Waals surface area contributed by atoms with E-state index in [1.54, 1.807) is 0 Å². The summed E-state index contributed by atoms with van der Waals surface area (Å²) in [4.78, 5) is 5.16. The summed E-state index contributed by atoms with van der Waals surface area (Å²) in [7, 11) is 2.26. The third-order valence-electron chi connectivity index (χ3n) is 4.57. The summed E-state index contributed by atoms with van der Waals surface area (Å²) in [6.45, 7) is 7.40. The summed E-state index contributed by atoms with van der Waals surface area (Å²) >= 11 is 0. The van der Waals surface area contributed by atoms with Gasteiger partial charge in [-0.05, 0) is 31.4 Å². The summed E-state index contributed by atoms with van der Waals surface area (Å²) in [6.07, 6.45) is 0. The average Bonchev–Trinajstić information content (AvgIpc) is 2.81. The quantitative estimate of drug-likeness (QED) is 0.767. The molecule has 2 fully saturated rings. The van der Waals surface area contributed by atoms with Crippen molar-refractivity contribution in [3.05, 3.63) is 35.9 Å². The minimum Gasteiger partial charge on any atom is -0.306 e. The largest absolute Gasteiger partial charge is 0.306 e. The Bertz CT molecular complexity index is 376. The molecule has 2 aliphatic heterocycles. The van der Waals surface area contributed by atoms with Crippen LogP contribution in [0.2, 0.25) is 0 Å². The predicted octanol–water partition coefficient (Wildman–Crippen LogP) is 2.07.